The average Bonchev–Trinajstić information content (AvgIpc) is 2.96. The van der Waals surface area contributed by atoms with Gasteiger partial charge in [-0.15, -0.1) is 0 Å². The zero-order valence-electron chi connectivity index (χ0n) is 13.8. The molecule has 1 aromatic rings. The highest BCUT2D eigenvalue weighted by Gasteiger charge is 1.99. The van der Waals surface area contributed by atoms with Crippen LogP contribution in [0.1, 0.15) is 20.3 Å². The van der Waals surface area contributed by atoms with Crippen LogP contribution in [0.3, 0.4) is 0 Å². The first kappa shape index (κ1) is 20.6. The molecule has 0 amide bonds. The van der Waals surface area contributed by atoms with E-state index < -0.39 is 5.97 Å². The number of imidazole rings is 1. The molecule has 0 aromatic carbocycles. The Bertz CT molecular complexity index is 382. The van der Waals surface area contributed by atoms with Crippen LogP contribution in [0.4, 0.5) is 0 Å². The number of aliphatic carboxylic acids is 1. The topological polar surface area (TPSA) is 76.6 Å². The van der Waals surface area contributed by atoms with Crippen LogP contribution in [-0.2, 0) is 32.1 Å². The van der Waals surface area contributed by atoms with E-state index in [4.69, 9.17) is 9.47 Å². The number of carboxylic acids is 1. The first-order valence-corrected chi connectivity index (χ1v) is 7.53. The minimum Gasteiger partial charge on any atom is -0.550 e. The molecular weight excluding hydrogens is 288 g/mol. The number of hydrogen-bond donors (Lipinski definition) is 0. The summed E-state index contributed by atoms with van der Waals surface area (Å²) in [5, 5.41) is 9.81. The molecule has 0 aliphatic rings. The van der Waals surface area contributed by atoms with Gasteiger partial charge >= 0.3 is 0 Å². The summed E-state index contributed by atoms with van der Waals surface area (Å²) >= 11 is 0. The highest BCUT2D eigenvalue weighted by molar-refractivity contribution is 5.64. The maximum Gasteiger partial charge on any atom is 0.243 e. The molecule has 1 aromatic heterocycles. The third-order valence-corrected chi connectivity index (χ3v) is 2.69. The molecule has 0 aliphatic carbocycles. The van der Waals surface area contributed by atoms with E-state index in [1.807, 2.05) is 6.92 Å². The van der Waals surface area contributed by atoms with Crippen molar-refractivity contribution in [3.05, 3.63) is 18.7 Å². The number of aromatic nitrogens is 2. The van der Waals surface area contributed by atoms with Gasteiger partial charge in [-0.05, 0) is 13.8 Å². The fourth-order valence-electron chi connectivity index (χ4n) is 1.47. The largest absolute Gasteiger partial charge is 0.550 e. The summed E-state index contributed by atoms with van der Waals surface area (Å²) in [5.74, 6) is -1.09. The summed E-state index contributed by atoms with van der Waals surface area (Å²) in [6.45, 7) is 8.85. The van der Waals surface area contributed by atoms with E-state index in [9.17, 15) is 9.90 Å². The van der Waals surface area contributed by atoms with Crippen LogP contribution in [0.15, 0.2) is 18.7 Å². The molecule has 0 unspecified atom stereocenters. The predicted octanol–water partition coefficient (Wildman–Crippen LogP) is -0.379. The fraction of sp³-hybridized carbons (Fsp3) is 0.733. The maximum absolute atomic E-state index is 9.81. The van der Waals surface area contributed by atoms with E-state index >= 15 is 0 Å². The van der Waals surface area contributed by atoms with Gasteiger partial charge in [-0.25, -0.2) is 9.13 Å². The van der Waals surface area contributed by atoms with Gasteiger partial charge in [0.1, 0.15) is 18.9 Å². The lowest BCUT2D eigenvalue weighted by atomic mass is 10.5. The van der Waals surface area contributed by atoms with Crippen molar-refractivity contribution >= 4 is 5.97 Å². The quantitative estimate of drug-likeness (QED) is 0.411. The third-order valence-electron chi connectivity index (χ3n) is 2.69. The van der Waals surface area contributed by atoms with Gasteiger partial charge in [0.2, 0.25) is 6.33 Å². The van der Waals surface area contributed by atoms with Crippen LogP contribution >= 0.6 is 0 Å². The second kappa shape index (κ2) is 14.5. The Morgan fingerprint density at radius 2 is 1.95 bits per heavy atom. The van der Waals surface area contributed by atoms with Crippen LogP contribution in [0.5, 0.6) is 0 Å². The monoisotopic (exact) mass is 316 g/mol. The number of hydrogen-bond acceptors (Lipinski definition) is 5. The molecular formula is C15H28N2O5. The van der Waals surface area contributed by atoms with E-state index in [0.717, 1.165) is 26.3 Å². The first-order chi connectivity index (χ1) is 10.6. The Morgan fingerprint density at radius 1 is 1.18 bits per heavy atom. The van der Waals surface area contributed by atoms with E-state index in [1.165, 1.54) is 0 Å². The molecule has 0 saturated carbocycles. The van der Waals surface area contributed by atoms with Gasteiger partial charge in [-0.2, -0.15) is 0 Å². The molecule has 0 saturated heterocycles. The Kier molecular flexibility index (Phi) is 13.5. The third kappa shape index (κ3) is 12.3. The number of carbonyl (C=O) groups is 1. The Labute approximate surface area is 132 Å². The second-order valence-corrected chi connectivity index (χ2v) is 4.41. The summed E-state index contributed by atoms with van der Waals surface area (Å²) in [4.78, 5) is 9.81. The van der Waals surface area contributed by atoms with Crippen LogP contribution in [0, 0.1) is 0 Å². The maximum atomic E-state index is 9.81. The number of nitrogens with zero attached hydrogens (tertiary/aromatic N) is 2. The number of aryl methyl sites for hydroxylation is 1. The Hall–Kier alpha value is -1.44. The van der Waals surface area contributed by atoms with Crippen molar-refractivity contribution in [3.8, 4) is 0 Å². The van der Waals surface area contributed by atoms with Crippen LogP contribution < -0.4 is 9.67 Å². The minimum absolute atomic E-state index is 0.0519. The molecule has 1 heterocycles. The number of rotatable bonds is 11. The van der Waals surface area contributed by atoms with E-state index in [-0.39, 0.29) is 13.0 Å². The molecule has 0 bridgehead atoms. The average molecular weight is 316 g/mol. The lowest BCUT2D eigenvalue weighted by Gasteiger charge is -2.02. The molecule has 7 heteroatoms. The zero-order chi connectivity index (χ0) is 16.6. The van der Waals surface area contributed by atoms with Gasteiger partial charge in [-0.1, -0.05) is 0 Å². The van der Waals surface area contributed by atoms with Crippen molar-refractivity contribution in [2.45, 2.75) is 33.4 Å². The van der Waals surface area contributed by atoms with Crippen molar-refractivity contribution < 1.29 is 28.7 Å². The fourth-order valence-corrected chi connectivity index (χ4v) is 1.47. The highest BCUT2D eigenvalue weighted by atomic mass is 16.5. The number of carbonyl (C=O) groups excluding carboxylic acids is 1. The van der Waals surface area contributed by atoms with Crippen molar-refractivity contribution in [3.63, 3.8) is 0 Å². The Balaban J connectivity index is 0.000000409. The molecule has 128 valence electrons. The van der Waals surface area contributed by atoms with Crippen molar-refractivity contribution in [2.24, 2.45) is 0 Å². The van der Waals surface area contributed by atoms with Gasteiger partial charge in [0.05, 0.1) is 33.0 Å². The van der Waals surface area contributed by atoms with Crippen LogP contribution in [0.25, 0.3) is 0 Å². The van der Waals surface area contributed by atoms with Crippen molar-refractivity contribution in [2.75, 3.05) is 40.1 Å². The number of ether oxygens (including phenoxy) is 3. The van der Waals surface area contributed by atoms with Crippen molar-refractivity contribution in [1.82, 2.24) is 4.57 Å². The first-order valence-electron chi connectivity index (χ1n) is 7.53. The lowest BCUT2D eigenvalue weighted by molar-refractivity contribution is -0.698. The molecule has 0 N–H and O–H groups in total. The van der Waals surface area contributed by atoms with E-state index in [1.54, 1.807) is 7.11 Å². The molecule has 0 atom stereocenters. The second-order valence-electron chi connectivity index (χ2n) is 4.41. The molecule has 22 heavy (non-hydrogen) atoms. The van der Waals surface area contributed by atoms with Crippen molar-refractivity contribution in [1.29, 1.82) is 0 Å². The minimum atomic E-state index is -1.09. The highest BCUT2D eigenvalue weighted by Crippen LogP contribution is 1.83. The van der Waals surface area contributed by atoms with E-state index in [2.05, 4.69) is 39.5 Å². The zero-order valence-corrected chi connectivity index (χ0v) is 13.8. The summed E-state index contributed by atoms with van der Waals surface area (Å²) in [6.07, 6.45) is 6.19. The molecule has 0 radical (unpaired) electrons. The summed E-state index contributed by atoms with van der Waals surface area (Å²) in [7, 11) is 1.56. The smallest absolute Gasteiger partial charge is 0.243 e. The van der Waals surface area contributed by atoms with Gasteiger partial charge in [0, 0.05) is 26.1 Å². The number of methoxy groups -OCH3 is 1. The summed E-state index contributed by atoms with van der Waals surface area (Å²) < 4.78 is 19.0. The number of carboxylic acid groups (broad SMARTS) is 1. The lowest BCUT2D eigenvalue weighted by Crippen LogP contribution is -2.33. The van der Waals surface area contributed by atoms with Crippen LogP contribution in [0.2, 0.25) is 0 Å². The van der Waals surface area contributed by atoms with Gasteiger partial charge in [0.25, 0.3) is 0 Å². The normalized spacial score (nSPS) is 10.1. The van der Waals surface area contributed by atoms with Gasteiger partial charge in [0.15, 0.2) is 0 Å². The molecule has 0 spiro atoms. The molecule has 7 nitrogen and oxygen atoms in total. The molecule has 0 fully saturated rings. The molecule has 1 rings (SSSR count). The SMILES string of the molecule is CCOCC[n+]1ccn(CC)c1.COCCOCCC(=O)[O-]. The molecule has 0 aliphatic heterocycles. The summed E-state index contributed by atoms with van der Waals surface area (Å²) in [5.41, 5.74) is 0. The standard InChI is InChI=1S/C9H17N2O.C6H12O4/c1-3-10-5-6-11(9-10)7-8-12-4-2;1-9-4-5-10-3-2-6(7)8/h5-6,9H,3-4,7-8H2,1-2H3;2-5H2,1H3,(H,7,8)/q+1;/p-1. The van der Waals surface area contributed by atoms with Crippen LogP contribution in [-0.4, -0.2) is 50.7 Å². The predicted molar refractivity (Wildman–Crippen MR) is 79.1 cm³/mol. The van der Waals surface area contributed by atoms with Gasteiger partial charge in [-0.3, -0.25) is 0 Å². The van der Waals surface area contributed by atoms with E-state index in [0.29, 0.717) is 13.2 Å². The Morgan fingerprint density at radius 3 is 2.50 bits per heavy atom. The summed E-state index contributed by atoms with van der Waals surface area (Å²) in [6, 6.07) is 0. The van der Waals surface area contributed by atoms with Gasteiger partial charge < -0.3 is 24.1 Å².